The van der Waals surface area contributed by atoms with Gasteiger partial charge in [0.2, 0.25) is 0 Å². The molecular formula is C19H35Cl3OSTa-. The van der Waals surface area contributed by atoms with Crippen molar-refractivity contribution in [1.29, 1.82) is 0 Å². The second kappa shape index (κ2) is 17.7. The molecule has 25 heavy (non-hydrogen) atoms. The van der Waals surface area contributed by atoms with Crippen LogP contribution in [-0.4, -0.2) is 17.0 Å². The molecule has 1 N–H and O–H groups in total. The summed E-state index contributed by atoms with van der Waals surface area (Å²) >= 11 is -0.544. The number of unbranched alkanes of at least 4 members (excludes halogenated alkanes) is 7. The van der Waals surface area contributed by atoms with Crippen LogP contribution in [0.2, 0.25) is 0 Å². The van der Waals surface area contributed by atoms with Gasteiger partial charge in [0.15, 0.2) is 0 Å². The van der Waals surface area contributed by atoms with Gasteiger partial charge in [0.25, 0.3) is 0 Å². The molecule has 0 unspecified atom stereocenters. The third kappa shape index (κ3) is 15.3. The summed E-state index contributed by atoms with van der Waals surface area (Å²) in [5.41, 5.74) is 0.670. The van der Waals surface area contributed by atoms with Crippen LogP contribution in [0.4, 0.5) is 0 Å². The molecule has 0 aromatic carbocycles. The first kappa shape index (κ1) is 26.7. The fourth-order valence-corrected chi connectivity index (χ4v) is 3.91. The zero-order chi connectivity index (χ0) is 19.0. The number of aliphatic hydroxyl groups is 1. The fourth-order valence-electron chi connectivity index (χ4n) is 3.38. The van der Waals surface area contributed by atoms with Crippen molar-refractivity contribution >= 4 is 39.3 Å². The van der Waals surface area contributed by atoms with Crippen LogP contribution in [0.5, 0.6) is 0 Å². The molecule has 6 heteroatoms. The van der Waals surface area contributed by atoms with Crippen LogP contribution in [-0.2, 0) is 15.2 Å². The maximum absolute atomic E-state index is 10.8. The Morgan fingerprint density at radius 3 is 1.92 bits per heavy atom. The van der Waals surface area contributed by atoms with E-state index in [1.807, 2.05) is 0 Å². The normalized spacial score (nSPS) is 17.3. The van der Waals surface area contributed by atoms with E-state index in [0.717, 1.165) is 19.3 Å². The van der Waals surface area contributed by atoms with Crippen molar-refractivity contribution in [3.05, 3.63) is 11.0 Å². The first-order valence-electron chi connectivity index (χ1n) is 9.61. The van der Waals surface area contributed by atoms with Crippen LogP contribution in [0.15, 0.2) is 5.57 Å². The summed E-state index contributed by atoms with van der Waals surface area (Å²) in [5.74, 6) is 0. The van der Waals surface area contributed by atoms with E-state index < -0.39 is 20.8 Å². The summed E-state index contributed by atoms with van der Waals surface area (Å²) in [7, 11) is 15.0. The Bertz CT molecular complexity index is 332. The van der Waals surface area contributed by atoms with Crippen molar-refractivity contribution < 1.29 is 20.3 Å². The Morgan fingerprint density at radius 2 is 1.44 bits per heavy atom. The minimum atomic E-state index is -2.18. The van der Waals surface area contributed by atoms with Gasteiger partial charge < -0.3 is 22.3 Å². The molecule has 0 bridgehead atoms. The Morgan fingerprint density at radius 1 is 0.960 bits per heavy atom. The van der Waals surface area contributed by atoms with Crippen LogP contribution in [0.3, 0.4) is 0 Å². The van der Waals surface area contributed by atoms with Gasteiger partial charge in [0, 0.05) is 0 Å². The van der Waals surface area contributed by atoms with E-state index in [2.05, 4.69) is 18.6 Å². The van der Waals surface area contributed by atoms with E-state index in [4.69, 9.17) is 27.6 Å². The Labute approximate surface area is 178 Å². The van der Waals surface area contributed by atoms with E-state index in [-0.39, 0.29) is 0 Å². The molecule has 0 radical (unpaired) electrons. The molecule has 1 saturated carbocycles. The van der Waals surface area contributed by atoms with Gasteiger partial charge in [-0.1, -0.05) is 84.0 Å². The molecule has 0 aromatic heterocycles. The number of hydrogen-bond acceptors (Lipinski definition) is 2. The molecule has 0 saturated heterocycles. The van der Waals surface area contributed by atoms with Crippen molar-refractivity contribution in [2.45, 2.75) is 102 Å². The Kier molecular flexibility index (Phi) is 18.9. The Balaban J connectivity index is 0.00000129. The molecule has 0 aliphatic heterocycles. The molecule has 0 heterocycles. The molecule has 0 spiro atoms. The van der Waals surface area contributed by atoms with E-state index in [1.54, 1.807) is 11.8 Å². The standard InChI is InChI=1S/C19H35OS.3ClH.Ta/c1-3-4-5-6-7-8-9-11-14-18(17-21-2)19(20)15-12-10-13-16-19;;;;/h20H,3-16H2,1-2H3;3*1H;/q-1;;;;+3/p-3. The molecule has 1 nitrogen and oxygen atoms in total. The SMILES string of the molecule is CCCCCCCCCCC(=[C-]SC)C1(O)CCCCC1.[Cl][Ta]([Cl])[Cl]. The molecule has 1 fully saturated rings. The van der Waals surface area contributed by atoms with Gasteiger partial charge in [-0.3, -0.25) is 0 Å². The summed E-state index contributed by atoms with van der Waals surface area (Å²) in [5, 5.41) is 14.2. The summed E-state index contributed by atoms with van der Waals surface area (Å²) in [6.07, 6.45) is 19.4. The maximum atomic E-state index is 10.8. The molecule has 150 valence electrons. The summed E-state index contributed by atoms with van der Waals surface area (Å²) in [6, 6.07) is 0. The molecule has 1 aliphatic carbocycles. The zero-order valence-corrected chi connectivity index (χ0v) is 22.1. The van der Waals surface area contributed by atoms with Crippen LogP contribution >= 0.6 is 39.3 Å². The van der Waals surface area contributed by atoms with Crippen molar-refractivity contribution in [3.8, 4) is 0 Å². The van der Waals surface area contributed by atoms with Crippen molar-refractivity contribution in [3.63, 3.8) is 0 Å². The number of halogens is 3. The molecule has 0 amide bonds. The van der Waals surface area contributed by atoms with E-state index in [9.17, 15) is 5.11 Å². The first-order chi connectivity index (χ1) is 12.0. The average molecular weight is 599 g/mol. The van der Waals surface area contributed by atoms with Gasteiger partial charge >= 0.3 is 42.8 Å². The third-order valence-electron chi connectivity index (χ3n) is 4.75. The van der Waals surface area contributed by atoms with Crippen LogP contribution in [0.1, 0.15) is 96.8 Å². The van der Waals surface area contributed by atoms with Crippen molar-refractivity contribution in [2.24, 2.45) is 0 Å². The Hall–Kier alpha value is 1.66. The average Bonchev–Trinajstić information content (AvgIpc) is 2.56. The monoisotopic (exact) mass is 597 g/mol. The van der Waals surface area contributed by atoms with Crippen molar-refractivity contribution in [1.82, 2.24) is 0 Å². The third-order valence-corrected chi connectivity index (χ3v) is 5.20. The molecule has 0 atom stereocenters. The van der Waals surface area contributed by atoms with Gasteiger partial charge in [0.05, 0.1) is 5.60 Å². The topological polar surface area (TPSA) is 20.2 Å². The molecule has 1 aliphatic rings. The van der Waals surface area contributed by atoms with Gasteiger partial charge in [-0.2, -0.15) is 0 Å². The van der Waals surface area contributed by atoms with E-state index >= 15 is 0 Å². The van der Waals surface area contributed by atoms with Crippen LogP contribution in [0, 0.1) is 5.41 Å². The first-order valence-corrected chi connectivity index (χ1v) is 22.8. The van der Waals surface area contributed by atoms with E-state index in [1.165, 1.54) is 76.2 Å². The molecular weight excluding hydrogens is 564 g/mol. The molecule has 1 rings (SSSR count). The predicted octanol–water partition coefficient (Wildman–Crippen LogP) is 8.33. The number of rotatable bonds is 11. The van der Waals surface area contributed by atoms with Gasteiger partial charge in [-0.25, -0.2) is 5.57 Å². The summed E-state index contributed by atoms with van der Waals surface area (Å²) in [6.45, 7) is 2.27. The van der Waals surface area contributed by atoms with Crippen molar-refractivity contribution in [2.75, 3.05) is 6.26 Å². The van der Waals surface area contributed by atoms with Gasteiger partial charge in [-0.15, -0.1) is 0 Å². The zero-order valence-electron chi connectivity index (χ0n) is 15.8. The summed E-state index contributed by atoms with van der Waals surface area (Å²) < 4.78 is 0. The van der Waals surface area contributed by atoms with Crippen LogP contribution in [0.25, 0.3) is 0 Å². The van der Waals surface area contributed by atoms with Gasteiger partial charge in [-0.05, 0) is 19.1 Å². The predicted molar refractivity (Wildman–Crippen MR) is 113 cm³/mol. The second-order valence-electron chi connectivity index (χ2n) is 6.79. The van der Waals surface area contributed by atoms with E-state index in [0.29, 0.717) is 0 Å². The van der Waals surface area contributed by atoms with Gasteiger partial charge in [0.1, 0.15) is 0 Å². The quantitative estimate of drug-likeness (QED) is 0.191. The summed E-state index contributed by atoms with van der Waals surface area (Å²) in [4.78, 5) is 0. The fraction of sp³-hybridized carbons (Fsp3) is 0.895. The number of thioether (sulfide) groups is 1. The minimum absolute atomic E-state index is 0.525. The molecule has 0 aromatic rings. The second-order valence-corrected chi connectivity index (χ2v) is 21.3. The van der Waals surface area contributed by atoms with Crippen LogP contribution < -0.4 is 0 Å². The number of hydrogen-bond donors (Lipinski definition) is 1.